The Labute approximate surface area is 130 Å². The van der Waals surface area contributed by atoms with Crippen molar-refractivity contribution >= 4 is 0 Å². The highest BCUT2D eigenvalue weighted by Crippen LogP contribution is 2.12. The molecule has 21 heavy (non-hydrogen) atoms. The molecular formula is C18H32N2O. The summed E-state index contributed by atoms with van der Waals surface area (Å²) < 4.78 is 5.73. The van der Waals surface area contributed by atoms with Crippen LogP contribution in [0, 0.1) is 0 Å². The molecule has 0 radical (unpaired) electrons. The zero-order valence-corrected chi connectivity index (χ0v) is 13.8. The smallest absolute Gasteiger partial charge is 0.137 e. The van der Waals surface area contributed by atoms with E-state index in [2.05, 4.69) is 18.8 Å². The number of rotatable bonds is 12. The van der Waals surface area contributed by atoms with Crippen molar-refractivity contribution in [3.05, 3.63) is 24.0 Å². The summed E-state index contributed by atoms with van der Waals surface area (Å²) in [6.45, 7) is 5.15. The van der Waals surface area contributed by atoms with Crippen molar-refractivity contribution in [3.63, 3.8) is 0 Å². The van der Waals surface area contributed by atoms with Crippen molar-refractivity contribution in [3.8, 4) is 5.75 Å². The van der Waals surface area contributed by atoms with E-state index >= 15 is 0 Å². The Morgan fingerprint density at radius 2 is 1.76 bits per heavy atom. The quantitative estimate of drug-likeness (QED) is 0.577. The molecule has 2 N–H and O–H groups in total. The first-order chi connectivity index (χ1) is 10.3. The molecule has 0 spiro atoms. The summed E-state index contributed by atoms with van der Waals surface area (Å²) in [6, 6.07) is 4.23. The Kier molecular flexibility index (Phi) is 9.88. The third-order valence-corrected chi connectivity index (χ3v) is 3.81. The molecule has 3 nitrogen and oxygen atoms in total. The van der Waals surface area contributed by atoms with Crippen LogP contribution in [0.15, 0.2) is 18.3 Å². The Morgan fingerprint density at radius 1 is 1.05 bits per heavy atom. The topological polar surface area (TPSA) is 48.1 Å². The third-order valence-electron chi connectivity index (χ3n) is 3.81. The summed E-state index contributed by atoms with van der Waals surface area (Å²) in [5, 5.41) is 0. The van der Waals surface area contributed by atoms with Gasteiger partial charge in [0.2, 0.25) is 0 Å². The van der Waals surface area contributed by atoms with Crippen LogP contribution >= 0.6 is 0 Å². The molecule has 0 saturated carbocycles. The summed E-state index contributed by atoms with van der Waals surface area (Å²) >= 11 is 0. The highest BCUT2D eigenvalue weighted by atomic mass is 16.5. The Hall–Kier alpha value is -1.09. The van der Waals surface area contributed by atoms with Gasteiger partial charge in [0, 0.05) is 18.2 Å². The lowest BCUT2D eigenvalue weighted by Crippen LogP contribution is -2.21. The lowest BCUT2D eigenvalue weighted by molar-refractivity contribution is 0.303. The molecule has 1 rings (SSSR count). The number of hydrogen-bond donors (Lipinski definition) is 1. The fourth-order valence-corrected chi connectivity index (χ4v) is 2.28. The molecule has 120 valence electrons. The van der Waals surface area contributed by atoms with Gasteiger partial charge in [0.15, 0.2) is 0 Å². The van der Waals surface area contributed by atoms with E-state index in [1.807, 2.05) is 18.3 Å². The van der Waals surface area contributed by atoms with E-state index in [4.69, 9.17) is 10.5 Å². The van der Waals surface area contributed by atoms with E-state index in [-0.39, 0.29) is 6.04 Å². The number of nitrogens with two attached hydrogens (primary N) is 1. The van der Waals surface area contributed by atoms with Crippen molar-refractivity contribution in [2.75, 3.05) is 6.61 Å². The van der Waals surface area contributed by atoms with Crippen LogP contribution in [-0.4, -0.2) is 17.6 Å². The average molecular weight is 292 g/mol. The third kappa shape index (κ3) is 8.71. The van der Waals surface area contributed by atoms with Crippen LogP contribution in [0.25, 0.3) is 0 Å². The largest absolute Gasteiger partial charge is 0.492 e. The monoisotopic (exact) mass is 292 g/mol. The van der Waals surface area contributed by atoms with Gasteiger partial charge in [0.05, 0.1) is 12.8 Å². The average Bonchev–Trinajstić information content (AvgIpc) is 2.51. The van der Waals surface area contributed by atoms with Gasteiger partial charge in [-0.25, -0.2) is 0 Å². The van der Waals surface area contributed by atoms with Gasteiger partial charge in [0.25, 0.3) is 0 Å². The summed E-state index contributed by atoms with van der Waals surface area (Å²) in [6.07, 6.45) is 12.8. The molecule has 0 aliphatic carbocycles. The van der Waals surface area contributed by atoms with Crippen LogP contribution in [0.1, 0.15) is 70.9 Å². The molecule has 1 unspecified atom stereocenters. The Bertz CT molecular complexity index is 351. The van der Waals surface area contributed by atoms with Crippen molar-refractivity contribution in [1.29, 1.82) is 0 Å². The van der Waals surface area contributed by atoms with Gasteiger partial charge in [0.1, 0.15) is 5.75 Å². The summed E-state index contributed by atoms with van der Waals surface area (Å²) in [7, 11) is 0. The van der Waals surface area contributed by atoms with E-state index in [9.17, 15) is 0 Å². The van der Waals surface area contributed by atoms with Gasteiger partial charge in [-0.05, 0) is 25.0 Å². The first-order valence-electron chi connectivity index (χ1n) is 8.59. The first-order valence-corrected chi connectivity index (χ1v) is 8.59. The van der Waals surface area contributed by atoms with Crippen molar-refractivity contribution in [1.82, 2.24) is 4.98 Å². The minimum absolute atomic E-state index is 0.206. The number of unbranched alkanes of at least 4 members (excludes halogenated alkanes) is 6. The SMILES string of the molecule is CCCCCCCCCOc1ccc(CC(N)CC)nc1. The van der Waals surface area contributed by atoms with Gasteiger partial charge in [-0.3, -0.25) is 4.98 Å². The zero-order valence-electron chi connectivity index (χ0n) is 13.8. The number of aromatic nitrogens is 1. The molecular weight excluding hydrogens is 260 g/mol. The first kappa shape index (κ1) is 18.0. The minimum Gasteiger partial charge on any atom is -0.492 e. The fraction of sp³-hybridized carbons (Fsp3) is 0.722. The second-order valence-electron chi connectivity index (χ2n) is 5.83. The zero-order chi connectivity index (χ0) is 15.3. The maximum Gasteiger partial charge on any atom is 0.137 e. The molecule has 1 heterocycles. The molecule has 0 amide bonds. The van der Waals surface area contributed by atoms with Gasteiger partial charge >= 0.3 is 0 Å². The minimum atomic E-state index is 0.206. The highest BCUT2D eigenvalue weighted by Gasteiger charge is 2.03. The second kappa shape index (κ2) is 11.6. The fourth-order valence-electron chi connectivity index (χ4n) is 2.28. The highest BCUT2D eigenvalue weighted by molar-refractivity contribution is 5.20. The van der Waals surface area contributed by atoms with Crippen LogP contribution in [0.5, 0.6) is 5.75 Å². The predicted octanol–water partition coefficient (Wildman–Crippen LogP) is 4.49. The molecule has 0 aromatic carbocycles. The van der Waals surface area contributed by atoms with Crippen molar-refractivity contribution in [2.45, 2.75) is 77.7 Å². The molecule has 1 aromatic rings. The lowest BCUT2D eigenvalue weighted by Gasteiger charge is -2.09. The molecule has 0 saturated heterocycles. The van der Waals surface area contributed by atoms with Crippen molar-refractivity contribution < 1.29 is 4.74 Å². The molecule has 0 aliphatic heterocycles. The van der Waals surface area contributed by atoms with E-state index in [0.29, 0.717) is 0 Å². The molecule has 0 fully saturated rings. The van der Waals surface area contributed by atoms with E-state index in [0.717, 1.165) is 37.3 Å². The number of hydrogen-bond acceptors (Lipinski definition) is 3. The van der Waals surface area contributed by atoms with E-state index < -0.39 is 0 Å². The second-order valence-corrected chi connectivity index (χ2v) is 5.83. The Morgan fingerprint density at radius 3 is 2.38 bits per heavy atom. The molecule has 1 aromatic heterocycles. The van der Waals surface area contributed by atoms with Gasteiger partial charge in [-0.15, -0.1) is 0 Å². The number of ether oxygens (including phenoxy) is 1. The normalized spacial score (nSPS) is 12.3. The number of pyridine rings is 1. The number of nitrogens with zero attached hydrogens (tertiary/aromatic N) is 1. The van der Waals surface area contributed by atoms with Crippen LogP contribution < -0.4 is 10.5 Å². The lowest BCUT2D eigenvalue weighted by atomic mass is 10.1. The van der Waals surface area contributed by atoms with E-state index in [1.54, 1.807) is 0 Å². The standard InChI is InChI=1S/C18H32N2O/c1-3-5-6-7-8-9-10-13-21-18-12-11-17(20-15-18)14-16(19)4-2/h11-12,15-16H,3-10,13-14,19H2,1-2H3. The van der Waals surface area contributed by atoms with E-state index in [1.165, 1.54) is 38.5 Å². The maximum atomic E-state index is 5.93. The summed E-state index contributed by atoms with van der Waals surface area (Å²) in [5.41, 5.74) is 6.98. The van der Waals surface area contributed by atoms with Gasteiger partial charge in [-0.1, -0.05) is 52.4 Å². The maximum absolute atomic E-state index is 5.93. The summed E-state index contributed by atoms with van der Waals surface area (Å²) in [5.74, 6) is 0.870. The van der Waals surface area contributed by atoms with Crippen LogP contribution in [0.4, 0.5) is 0 Å². The molecule has 3 heteroatoms. The van der Waals surface area contributed by atoms with Crippen molar-refractivity contribution in [2.24, 2.45) is 5.73 Å². The van der Waals surface area contributed by atoms with Crippen LogP contribution in [0.3, 0.4) is 0 Å². The van der Waals surface area contributed by atoms with Crippen LogP contribution in [0.2, 0.25) is 0 Å². The predicted molar refractivity (Wildman–Crippen MR) is 89.7 cm³/mol. The molecule has 1 atom stereocenters. The van der Waals surface area contributed by atoms with Crippen LogP contribution in [-0.2, 0) is 6.42 Å². The molecule has 0 aliphatic rings. The van der Waals surface area contributed by atoms with Gasteiger partial charge < -0.3 is 10.5 Å². The molecule has 0 bridgehead atoms. The van der Waals surface area contributed by atoms with Gasteiger partial charge in [-0.2, -0.15) is 0 Å². The Balaban J connectivity index is 2.10. The summed E-state index contributed by atoms with van der Waals surface area (Å²) in [4.78, 5) is 4.41.